The van der Waals surface area contributed by atoms with Crippen LogP contribution >= 0.6 is 0 Å². The van der Waals surface area contributed by atoms with E-state index in [0.29, 0.717) is 12.6 Å². The Morgan fingerprint density at radius 2 is 1.89 bits per heavy atom. The molecule has 4 heteroatoms. The lowest BCUT2D eigenvalue weighted by molar-refractivity contribution is -0.0317. The summed E-state index contributed by atoms with van der Waals surface area (Å²) < 4.78 is 33.4. The van der Waals surface area contributed by atoms with Gasteiger partial charge in [-0.3, -0.25) is 0 Å². The molecule has 1 saturated carbocycles. The molecule has 1 heterocycles. The molecule has 19 heavy (non-hydrogen) atoms. The number of ether oxygens (including phenoxy) is 1. The molecule has 2 unspecified atom stereocenters. The Bertz CT molecular complexity index is 428. The summed E-state index contributed by atoms with van der Waals surface area (Å²) in [5.74, 6) is -0.840. The van der Waals surface area contributed by atoms with E-state index in [4.69, 9.17) is 4.74 Å². The van der Waals surface area contributed by atoms with Crippen molar-refractivity contribution in [2.75, 3.05) is 13.2 Å². The van der Waals surface area contributed by atoms with Gasteiger partial charge in [0.1, 0.15) is 11.6 Å². The number of rotatable bonds is 4. The fourth-order valence-electron chi connectivity index (χ4n) is 2.76. The van der Waals surface area contributed by atoms with Crippen LogP contribution in [0.15, 0.2) is 18.2 Å². The van der Waals surface area contributed by atoms with Crippen molar-refractivity contribution in [3.8, 4) is 0 Å². The molecule has 0 aromatic heterocycles. The molecule has 1 saturated heterocycles. The minimum absolute atomic E-state index is 0.102. The van der Waals surface area contributed by atoms with Gasteiger partial charge in [0.15, 0.2) is 0 Å². The number of benzene rings is 1. The van der Waals surface area contributed by atoms with Crippen molar-refractivity contribution in [2.45, 2.75) is 37.8 Å². The van der Waals surface area contributed by atoms with Crippen LogP contribution in [-0.2, 0) is 4.74 Å². The van der Waals surface area contributed by atoms with Crippen LogP contribution in [0, 0.1) is 17.6 Å². The van der Waals surface area contributed by atoms with Gasteiger partial charge in [0, 0.05) is 25.1 Å². The smallest absolute Gasteiger partial charge is 0.131 e. The fourth-order valence-corrected chi connectivity index (χ4v) is 2.76. The molecule has 2 nitrogen and oxygen atoms in total. The van der Waals surface area contributed by atoms with E-state index in [1.54, 1.807) is 0 Å². The highest BCUT2D eigenvalue weighted by molar-refractivity contribution is 5.23. The molecule has 1 aromatic carbocycles. The molecule has 1 aliphatic carbocycles. The minimum atomic E-state index is -0.497. The van der Waals surface area contributed by atoms with Crippen molar-refractivity contribution in [3.05, 3.63) is 35.4 Å². The van der Waals surface area contributed by atoms with Gasteiger partial charge < -0.3 is 10.1 Å². The van der Waals surface area contributed by atoms with Gasteiger partial charge >= 0.3 is 0 Å². The van der Waals surface area contributed by atoms with Crippen molar-refractivity contribution in [2.24, 2.45) is 5.92 Å². The molecule has 1 aromatic rings. The Kier molecular flexibility index (Phi) is 3.80. The van der Waals surface area contributed by atoms with E-state index >= 15 is 0 Å². The van der Waals surface area contributed by atoms with Crippen LogP contribution in [0.5, 0.6) is 0 Å². The predicted molar refractivity (Wildman–Crippen MR) is 68.8 cm³/mol. The van der Waals surface area contributed by atoms with Crippen LogP contribution in [0.4, 0.5) is 8.78 Å². The lowest BCUT2D eigenvalue weighted by atomic mass is 9.89. The summed E-state index contributed by atoms with van der Waals surface area (Å²) in [7, 11) is 0. The Labute approximate surface area is 112 Å². The lowest BCUT2D eigenvalue weighted by Gasteiger charge is -2.32. The van der Waals surface area contributed by atoms with Gasteiger partial charge in [0.05, 0.1) is 11.7 Å². The summed E-state index contributed by atoms with van der Waals surface area (Å²) in [6, 6.07) is 4.62. The Morgan fingerprint density at radius 1 is 1.16 bits per heavy atom. The normalized spacial score (nSPS) is 27.5. The number of hydrogen-bond donors (Lipinski definition) is 1. The number of nitrogens with one attached hydrogen (secondary N) is 1. The van der Waals surface area contributed by atoms with Crippen molar-refractivity contribution >= 4 is 0 Å². The minimum Gasteiger partial charge on any atom is -0.373 e. The maximum atomic E-state index is 13.9. The Balaban J connectivity index is 1.78. The summed E-state index contributed by atoms with van der Waals surface area (Å²) in [6.45, 7) is 1.36. The highest BCUT2D eigenvalue weighted by Gasteiger charge is 2.33. The Morgan fingerprint density at radius 3 is 2.58 bits per heavy atom. The summed E-state index contributed by atoms with van der Waals surface area (Å²) in [5.41, 5.74) is 0.102. The van der Waals surface area contributed by atoms with Gasteiger partial charge in [-0.05, 0) is 37.8 Å². The molecule has 1 aliphatic heterocycles. The molecule has 2 atom stereocenters. The highest BCUT2D eigenvalue weighted by atomic mass is 19.1. The van der Waals surface area contributed by atoms with E-state index in [9.17, 15) is 8.78 Å². The van der Waals surface area contributed by atoms with Gasteiger partial charge in [-0.25, -0.2) is 8.78 Å². The predicted octanol–water partition coefficient (Wildman–Crippen LogP) is 3.18. The third-order valence-electron chi connectivity index (χ3n) is 3.98. The first-order chi connectivity index (χ1) is 9.25. The van der Waals surface area contributed by atoms with Gasteiger partial charge in [0.25, 0.3) is 0 Å². The zero-order chi connectivity index (χ0) is 13.2. The van der Waals surface area contributed by atoms with Crippen LogP contribution in [0.1, 0.15) is 37.4 Å². The molecule has 3 rings (SSSR count). The third kappa shape index (κ3) is 2.95. The van der Waals surface area contributed by atoms with E-state index in [2.05, 4.69) is 5.32 Å². The van der Waals surface area contributed by atoms with Gasteiger partial charge in [-0.2, -0.15) is 0 Å². The maximum absolute atomic E-state index is 13.9. The van der Waals surface area contributed by atoms with Crippen LogP contribution in [0.25, 0.3) is 0 Å². The topological polar surface area (TPSA) is 21.3 Å². The van der Waals surface area contributed by atoms with Crippen LogP contribution < -0.4 is 5.32 Å². The molecular formula is C15H19F2NO. The average molecular weight is 267 g/mol. The SMILES string of the molecule is Fc1cccc(F)c1C1OCCCC1CNC1CC1. The zero-order valence-electron chi connectivity index (χ0n) is 10.9. The lowest BCUT2D eigenvalue weighted by Crippen LogP contribution is -2.33. The van der Waals surface area contributed by atoms with Crippen LogP contribution in [0.2, 0.25) is 0 Å². The fraction of sp³-hybridized carbons (Fsp3) is 0.600. The zero-order valence-corrected chi connectivity index (χ0v) is 10.9. The molecule has 0 bridgehead atoms. The van der Waals surface area contributed by atoms with E-state index in [1.807, 2.05) is 0 Å². The first-order valence-electron chi connectivity index (χ1n) is 7.04. The molecule has 0 spiro atoms. The molecule has 0 radical (unpaired) electrons. The van der Waals surface area contributed by atoms with Crippen LogP contribution in [0.3, 0.4) is 0 Å². The van der Waals surface area contributed by atoms with Gasteiger partial charge in [-0.1, -0.05) is 6.07 Å². The van der Waals surface area contributed by atoms with E-state index < -0.39 is 17.7 Å². The summed E-state index contributed by atoms with van der Waals surface area (Å²) in [6.07, 6.45) is 3.89. The molecule has 0 amide bonds. The van der Waals surface area contributed by atoms with Gasteiger partial charge in [-0.15, -0.1) is 0 Å². The maximum Gasteiger partial charge on any atom is 0.131 e. The third-order valence-corrected chi connectivity index (χ3v) is 3.98. The first kappa shape index (κ1) is 13.0. The molecule has 2 aliphatic rings. The summed E-state index contributed by atoms with van der Waals surface area (Å²) in [4.78, 5) is 0. The van der Waals surface area contributed by atoms with E-state index in [1.165, 1.54) is 31.0 Å². The first-order valence-corrected chi connectivity index (χ1v) is 7.04. The number of hydrogen-bond acceptors (Lipinski definition) is 2. The second-order valence-corrected chi connectivity index (χ2v) is 5.51. The summed E-state index contributed by atoms with van der Waals surface area (Å²) in [5, 5.41) is 3.44. The molecule has 104 valence electrons. The second-order valence-electron chi connectivity index (χ2n) is 5.51. The van der Waals surface area contributed by atoms with Gasteiger partial charge in [0.2, 0.25) is 0 Å². The monoisotopic (exact) mass is 267 g/mol. The molecular weight excluding hydrogens is 248 g/mol. The van der Waals surface area contributed by atoms with E-state index in [-0.39, 0.29) is 11.5 Å². The van der Waals surface area contributed by atoms with Crippen molar-refractivity contribution in [1.82, 2.24) is 5.32 Å². The average Bonchev–Trinajstić information content (AvgIpc) is 3.21. The standard InChI is InChI=1S/C15H19F2NO/c16-12-4-1-5-13(17)14(12)15-10(3-2-8-19-15)9-18-11-6-7-11/h1,4-5,10-11,15,18H,2-3,6-9H2. The second kappa shape index (κ2) is 5.55. The van der Waals surface area contributed by atoms with Crippen molar-refractivity contribution in [1.29, 1.82) is 0 Å². The highest BCUT2D eigenvalue weighted by Crippen LogP contribution is 2.36. The summed E-state index contributed by atoms with van der Waals surface area (Å²) >= 11 is 0. The van der Waals surface area contributed by atoms with Crippen molar-refractivity contribution in [3.63, 3.8) is 0 Å². The number of halogens is 2. The Hall–Kier alpha value is -1.00. The van der Waals surface area contributed by atoms with Crippen molar-refractivity contribution < 1.29 is 13.5 Å². The molecule has 1 N–H and O–H groups in total. The van der Waals surface area contributed by atoms with E-state index in [0.717, 1.165) is 19.4 Å². The largest absolute Gasteiger partial charge is 0.373 e. The quantitative estimate of drug-likeness (QED) is 0.904. The van der Waals surface area contributed by atoms with Crippen LogP contribution in [-0.4, -0.2) is 19.2 Å². The molecule has 2 fully saturated rings.